The summed E-state index contributed by atoms with van der Waals surface area (Å²) in [4.78, 5) is 11.1. The molecule has 0 unspecified atom stereocenters. The molecule has 0 bridgehead atoms. The summed E-state index contributed by atoms with van der Waals surface area (Å²) in [7, 11) is 0. The van der Waals surface area contributed by atoms with E-state index >= 15 is 0 Å². The number of carbonyl (C=O) groups is 1. The molecule has 0 rings (SSSR count). The monoisotopic (exact) mass is 224 g/mol. The summed E-state index contributed by atoms with van der Waals surface area (Å²) >= 11 is 0. The van der Waals surface area contributed by atoms with Gasteiger partial charge in [-0.05, 0) is 46.5 Å². The van der Waals surface area contributed by atoms with Gasteiger partial charge in [-0.25, -0.2) is 4.79 Å². The van der Waals surface area contributed by atoms with Crippen molar-refractivity contribution in [2.45, 2.75) is 59.8 Å². The number of rotatable bonds is 7. The van der Waals surface area contributed by atoms with E-state index in [9.17, 15) is 4.79 Å². The molecule has 0 saturated heterocycles. The lowest BCUT2D eigenvalue weighted by atomic mass is 9.99. The van der Waals surface area contributed by atoms with Crippen molar-refractivity contribution in [2.24, 2.45) is 0 Å². The number of carboxylic acid groups (broad SMARTS) is 1. The molecule has 2 nitrogen and oxygen atoms in total. The first-order valence-corrected chi connectivity index (χ1v) is 6.04. The summed E-state index contributed by atoms with van der Waals surface area (Å²) in [5.41, 5.74) is 2.93. The molecule has 0 aromatic heterocycles. The van der Waals surface area contributed by atoms with E-state index in [1.807, 2.05) is 6.92 Å². The van der Waals surface area contributed by atoms with Crippen LogP contribution in [0.25, 0.3) is 0 Å². The number of hydrogen-bond acceptors (Lipinski definition) is 1. The van der Waals surface area contributed by atoms with Crippen LogP contribution in [0.1, 0.15) is 59.8 Å². The van der Waals surface area contributed by atoms with Gasteiger partial charge >= 0.3 is 5.97 Å². The van der Waals surface area contributed by atoms with Crippen molar-refractivity contribution >= 4 is 5.97 Å². The topological polar surface area (TPSA) is 37.3 Å². The Kier molecular flexibility index (Phi) is 7.61. The van der Waals surface area contributed by atoms with Gasteiger partial charge in [0.05, 0.1) is 0 Å². The van der Waals surface area contributed by atoms with E-state index in [2.05, 4.69) is 26.8 Å². The van der Waals surface area contributed by atoms with E-state index in [0.717, 1.165) is 31.3 Å². The predicted molar refractivity (Wildman–Crippen MR) is 68.5 cm³/mol. The third kappa shape index (κ3) is 6.44. The molecule has 0 amide bonds. The normalized spacial score (nSPS) is 12.0. The van der Waals surface area contributed by atoms with Gasteiger partial charge in [0, 0.05) is 5.57 Å². The standard InChI is InChI=1S/C14H24O2/c1-5-6-10-13(14(15)16)12(4)9-7-8-11(2)3/h8H,5-7,9-10H2,1-4H3,(H,15,16). The van der Waals surface area contributed by atoms with Crippen LogP contribution >= 0.6 is 0 Å². The highest BCUT2D eigenvalue weighted by Crippen LogP contribution is 2.17. The molecule has 0 aliphatic rings. The maximum absolute atomic E-state index is 11.1. The van der Waals surface area contributed by atoms with E-state index in [1.165, 1.54) is 5.57 Å². The minimum atomic E-state index is -0.747. The van der Waals surface area contributed by atoms with E-state index < -0.39 is 5.97 Å². The smallest absolute Gasteiger partial charge is 0.331 e. The van der Waals surface area contributed by atoms with E-state index in [0.29, 0.717) is 12.0 Å². The van der Waals surface area contributed by atoms with Crippen molar-refractivity contribution in [3.8, 4) is 0 Å². The number of hydrogen-bond donors (Lipinski definition) is 1. The predicted octanol–water partition coefficient (Wildman–Crippen LogP) is 4.32. The van der Waals surface area contributed by atoms with Crippen molar-refractivity contribution in [3.05, 3.63) is 22.8 Å². The van der Waals surface area contributed by atoms with Crippen LogP contribution in [-0.4, -0.2) is 11.1 Å². The minimum Gasteiger partial charge on any atom is -0.478 e. The molecule has 1 N–H and O–H groups in total. The van der Waals surface area contributed by atoms with Gasteiger partial charge in [0.1, 0.15) is 0 Å². The Morgan fingerprint density at radius 2 is 1.81 bits per heavy atom. The fourth-order valence-electron chi connectivity index (χ4n) is 1.58. The van der Waals surface area contributed by atoms with Crippen LogP contribution in [0.3, 0.4) is 0 Å². The van der Waals surface area contributed by atoms with E-state index in [-0.39, 0.29) is 0 Å². The second kappa shape index (κ2) is 8.14. The first-order valence-electron chi connectivity index (χ1n) is 6.04. The molecule has 16 heavy (non-hydrogen) atoms. The van der Waals surface area contributed by atoms with E-state index in [1.54, 1.807) is 0 Å². The highest BCUT2D eigenvalue weighted by atomic mass is 16.4. The zero-order chi connectivity index (χ0) is 12.6. The Morgan fingerprint density at radius 1 is 1.19 bits per heavy atom. The lowest BCUT2D eigenvalue weighted by Crippen LogP contribution is -2.03. The lowest BCUT2D eigenvalue weighted by Gasteiger charge is -2.07. The van der Waals surface area contributed by atoms with Gasteiger partial charge in [0.2, 0.25) is 0 Å². The first kappa shape index (κ1) is 14.9. The van der Waals surface area contributed by atoms with Crippen LogP contribution in [0.15, 0.2) is 22.8 Å². The van der Waals surface area contributed by atoms with E-state index in [4.69, 9.17) is 5.11 Å². The number of allylic oxidation sites excluding steroid dienone is 3. The largest absolute Gasteiger partial charge is 0.478 e. The fraction of sp³-hybridized carbons (Fsp3) is 0.643. The number of carboxylic acids is 1. The summed E-state index contributed by atoms with van der Waals surface area (Å²) < 4.78 is 0. The Bertz CT molecular complexity index is 281. The Hall–Kier alpha value is -1.05. The van der Waals surface area contributed by atoms with Crippen LogP contribution in [0, 0.1) is 0 Å². The molecule has 92 valence electrons. The molecule has 0 aliphatic carbocycles. The van der Waals surface area contributed by atoms with Crippen molar-refractivity contribution < 1.29 is 9.90 Å². The molecule has 0 fully saturated rings. The summed E-state index contributed by atoms with van der Waals surface area (Å²) in [6, 6.07) is 0. The molecule has 0 aromatic rings. The first-order chi connectivity index (χ1) is 7.49. The molecular weight excluding hydrogens is 200 g/mol. The lowest BCUT2D eigenvalue weighted by molar-refractivity contribution is -0.132. The Balaban J connectivity index is 4.45. The Labute approximate surface area is 99.1 Å². The molecule has 0 radical (unpaired) electrons. The molecule has 2 heteroatoms. The van der Waals surface area contributed by atoms with Crippen LogP contribution < -0.4 is 0 Å². The molecule has 0 aromatic carbocycles. The van der Waals surface area contributed by atoms with Crippen LogP contribution in [0.2, 0.25) is 0 Å². The molecular formula is C14H24O2. The van der Waals surface area contributed by atoms with Crippen molar-refractivity contribution in [3.63, 3.8) is 0 Å². The number of unbranched alkanes of at least 4 members (excludes halogenated alkanes) is 1. The van der Waals surface area contributed by atoms with Gasteiger partial charge < -0.3 is 5.11 Å². The van der Waals surface area contributed by atoms with Gasteiger partial charge in [-0.3, -0.25) is 0 Å². The van der Waals surface area contributed by atoms with Gasteiger partial charge in [-0.2, -0.15) is 0 Å². The highest BCUT2D eigenvalue weighted by molar-refractivity contribution is 5.87. The van der Waals surface area contributed by atoms with Gasteiger partial charge in [-0.15, -0.1) is 0 Å². The second-order valence-corrected chi connectivity index (χ2v) is 4.49. The highest BCUT2D eigenvalue weighted by Gasteiger charge is 2.10. The van der Waals surface area contributed by atoms with Gasteiger partial charge in [0.25, 0.3) is 0 Å². The molecule has 0 heterocycles. The fourth-order valence-corrected chi connectivity index (χ4v) is 1.58. The SMILES string of the molecule is CCCCC(C(=O)O)=C(C)CCC=C(C)C. The molecule has 0 aliphatic heterocycles. The molecule has 0 atom stereocenters. The Morgan fingerprint density at radius 3 is 2.25 bits per heavy atom. The van der Waals surface area contributed by atoms with Crippen molar-refractivity contribution in [1.29, 1.82) is 0 Å². The zero-order valence-electron chi connectivity index (χ0n) is 11.0. The van der Waals surface area contributed by atoms with Crippen LogP contribution in [0.5, 0.6) is 0 Å². The number of aliphatic carboxylic acids is 1. The summed E-state index contributed by atoms with van der Waals surface area (Å²) in [5, 5.41) is 9.11. The summed E-state index contributed by atoms with van der Waals surface area (Å²) in [6.07, 6.45) is 6.66. The van der Waals surface area contributed by atoms with Gasteiger partial charge in [-0.1, -0.05) is 30.6 Å². The van der Waals surface area contributed by atoms with Gasteiger partial charge in [0.15, 0.2) is 0 Å². The quantitative estimate of drug-likeness (QED) is 0.516. The summed E-state index contributed by atoms with van der Waals surface area (Å²) in [6.45, 7) is 8.15. The third-order valence-electron chi connectivity index (χ3n) is 2.63. The maximum Gasteiger partial charge on any atom is 0.331 e. The summed E-state index contributed by atoms with van der Waals surface area (Å²) in [5.74, 6) is -0.747. The molecule has 0 saturated carbocycles. The van der Waals surface area contributed by atoms with Crippen molar-refractivity contribution in [2.75, 3.05) is 0 Å². The average Bonchev–Trinajstić information content (AvgIpc) is 2.17. The maximum atomic E-state index is 11.1. The average molecular weight is 224 g/mol. The van der Waals surface area contributed by atoms with Crippen molar-refractivity contribution in [1.82, 2.24) is 0 Å². The van der Waals surface area contributed by atoms with Crippen LogP contribution in [0.4, 0.5) is 0 Å². The third-order valence-corrected chi connectivity index (χ3v) is 2.63. The minimum absolute atomic E-state index is 0.615. The zero-order valence-corrected chi connectivity index (χ0v) is 11.0. The van der Waals surface area contributed by atoms with Crippen LogP contribution in [-0.2, 0) is 4.79 Å². The molecule has 0 spiro atoms. The second-order valence-electron chi connectivity index (χ2n) is 4.49.